The van der Waals surface area contributed by atoms with Crippen LogP contribution in [-0.4, -0.2) is 24.1 Å². The highest BCUT2D eigenvalue weighted by Gasteiger charge is 2.25. The van der Waals surface area contributed by atoms with Gasteiger partial charge in [0.15, 0.2) is 17.2 Å². The Hall–Kier alpha value is -7.83. The molecule has 266 valence electrons. The first-order valence-corrected chi connectivity index (χ1v) is 18.3. The maximum absolute atomic E-state index is 9.78. The second-order valence-electron chi connectivity index (χ2n) is 13.6. The van der Waals surface area contributed by atoms with Gasteiger partial charge in [0, 0.05) is 49.0 Å². The number of fused-ring (bicyclic) bond motifs is 10. The van der Waals surface area contributed by atoms with Gasteiger partial charge in [-0.3, -0.25) is 4.57 Å². The number of hydrogen-bond donors (Lipinski definition) is 0. The van der Waals surface area contributed by atoms with Crippen molar-refractivity contribution in [1.82, 2.24) is 24.1 Å². The fourth-order valence-corrected chi connectivity index (χ4v) is 7.97. The minimum absolute atomic E-state index is 0.0143. The summed E-state index contributed by atoms with van der Waals surface area (Å²) in [5, 5.41) is 1.31. The Labute approximate surface area is 340 Å². The van der Waals surface area contributed by atoms with Crippen molar-refractivity contribution in [2.24, 2.45) is 0 Å². The molecule has 12 rings (SSSR count). The zero-order chi connectivity index (χ0) is 46.2. The summed E-state index contributed by atoms with van der Waals surface area (Å²) < 4.78 is 103. The molecular formula is C51H31N5O. The molecule has 0 aliphatic carbocycles. The van der Waals surface area contributed by atoms with Crippen LogP contribution in [0, 0.1) is 0 Å². The van der Waals surface area contributed by atoms with Gasteiger partial charge < -0.3 is 8.98 Å². The standard InChI is InChI=1S/C51H31N5O/c1-4-16-32(17-5-1)35-24-14-25-40-41-26-15-29-44(48(41)57-47(35)40)55-42-27-12-10-22-36(42)38-30-31-39-37-23-11-13-28-43(37)56(46(39)45(38)55)51-53-49(33-18-6-2-7-19-33)52-50(54-51)34-20-8-3-9-21-34/h1-31H/i10D,11D,12D,13D,22D,23D,27D,28D,30D,31D. The molecule has 0 atom stereocenters. The van der Waals surface area contributed by atoms with Gasteiger partial charge in [-0.25, -0.2) is 4.98 Å². The van der Waals surface area contributed by atoms with Crippen LogP contribution in [0.15, 0.2) is 192 Å². The van der Waals surface area contributed by atoms with Gasteiger partial charge in [-0.1, -0.05) is 170 Å². The van der Waals surface area contributed by atoms with Gasteiger partial charge in [0.2, 0.25) is 5.95 Å². The molecular weight excluding hydrogens is 699 g/mol. The lowest BCUT2D eigenvalue weighted by Crippen LogP contribution is -2.07. The van der Waals surface area contributed by atoms with Gasteiger partial charge in [-0.15, -0.1) is 0 Å². The summed E-state index contributed by atoms with van der Waals surface area (Å²) in [6.45, 7) is 0. The van der Waals surface area contributed by atoms with Crippen molar-refractivity contribution in [2.45, 2.75) is 0 Å². The van der Waals surface area contributed by atoms with Crippen molar-refractivity contribution in [2.75, 3.05) is 0 Å². The van der Waals surface area contributed by atoms with Crippen LogP contribution in [0.4, 0.5) is 0 Å². The second-order valence-corrected chi connectivity index (χ2v) is 13.6. The van der Waals surface area contributed by atoms with E-state index < -0.39 is 60.4 Å². The van der Waals surface area contributed by atoms with Gasteiger partial charge in [0.25, 0.3) is 0 Å². The van der Waals surface area contributed by atoms with E-state index in [1.807, 2.05) is 121 Å². The zero-order valence-corrected chi connectivity index (χ0v) is 29.8. The number of nitrogens with zero attached hydrogens (tertiary/aromatic N) is 5. The molecule has 57 heavy (non-hydrogen) atoms. The quantitative estimate of drug-likeness (QED) is 0.176. The highest BCUT2D eigenvalue weighted by Crippen LogP contribution is 2.44. The van der Waals surface area contributed by atoms with Crippen LogP contribution in [-0.2, 0) is 0 Å². The van der Waals surface area contributed by atoms with Crippen LogP contribution in [0.3, 0.4) is 0 Å². The maximum Gasteiger partial charge on any atom is 0.238 e. The predicted octanol–water partition coefficient (Wildman–Crippen LogP) is 13.0. The lowest BCUT2D eigenvalue weighted by atomic mass is 10.0. The topological polar surface area (TPSA) is 61.7 Å². The molecule has 0 radical (unpaired) electrons. The van der Waals surface area contributed by atoms with Crippen molar-refractivity contribution in [1.29, 1.82) is 0 Å². The van der Waals surface area contributed by atoms with Crippen molar-refractivity contribution in [3.8, 4) is 45.5 Å². The highest BCUT2D eigenvalue weighted by atomic mass is 16.3. The Morgan fingerprint density at radius 3 is 1.53 bits per heavy atom. The van der Waals surface area contributed by atoms with E-state index in [0.717, 1.165) is 16.5 Å². The predicted molar refractivity (Wildman–Crippen MR) is 232 cm³/mol. The smallest absolute Gasteiger partial charge is 0.238 e. The summed E-state index contributed by atoms with van der Waals surface area (Å²) in [7, 11) is 0. The third kappa shape index (κ3) is 4.74. The number of aromatic nitrogens is 5. The Balaban J connectivity index is 1.35. The molecule has 0 unspecified atom stereocenters. The second kappa shape index (κ2) is 12.3. The summed E-state index contributed by atoms with van der Waals surface area (Å²) in [6.07, 6.45) is 0. The van der Waals surface area contributed by atoms with E-state index in [4.69, 9.17) is 24.9 Å². The first kappa shape index (κ1) is 23.2. The van der Waals surface area contributed by atoms with Crippen LogP contribution < -0.4 is 0 Å². The number of para-hydroxylation sites is 4. The minimum Gasteiger partial charge on any atom is -0.453 e. The van der Waals surface area contributed by atoms with Crippen molar-refractivity contribution in [3.63, 3.8) is 0 Å². The first-order chi connectivity index (χ1) is 32.5. The molecule has 0 bridgehead atoms. The van der Waals surface area contributed by atoms with E-state index in [-0.39, 0.29) is 61.2 Å². The van der Waals surface area contributed by atoms with E-state index >= 15 is 0 Å². The number of hydrogen-bond acceptors (Lipinski definition) is 4. The maximum atomic E-state index is 9.78. The van der Waals surface area contributed by atoms with Gasteiger partial charge in [0.1, 0.15) is 5.58 Å². The van der Waals surface area contributed by atoms with E-state index in [9.17, 15) is 8.22 Å². The Morgan fingerprint density at radius 2 is 0.912 bits per heavy atom. The summed E-state index contributed by atoms with van der Waals surface area (Å²) in [5.74, 6) is 0.393. The molecule has 0 fully saturated rings. The van der Waals surface area contributed by atoms with Crippen molar-refractivity contribution < 1.29 is 18.1 Å². The lowest BCUT2D eigenvalue weighted by Gasteiger charge is -2.13. The molecule has 8 aromatic carbocycles. The average molecular weight is 740 g/mol. The average Bonchev–Trinajstić information content (AvgIpc) is 4.05. The first-order valence-electron chi connectivity index (χ1n) is 23.3. The zero-order valence-electron chi connectivity index (χ0n) is 39.8. The highest BCUT2D eigenvalue weighted by molar-refractivity contribution is 6.24. The fraction of sp³-hybridized carbons (Fsp3) is 0. The molecule has 0 aliphatic heterocycles. The van der Waals surface area contributed by atoms with E-state index in [1.165, 1.54) is 4.57 Å². The van der Waals surface area contributed by atoms with Crippen LogP contribution in [0.25, 0.3) is 111 Å². The van der Waals surface area contributed by atoms with Crippen LogP contribution in [0.2, 0.25) is 0 Å². The van der Waals surface area contributed by atoms with Gasteiger partial charge >= 0.3 is 0 Å². The Bertz CT molecular complexity index is 4040. The van der Waals surface area contributed by atoms with Crippen LogP contribution >= 0.6 is 0 Å². The Morgan fingerprint density at radius 1 is 0.404 bits per heavy atom. The summed E-state index contributed by atoms with van der Waals surface area (Å²) >= 11 is 0. The third-order valence-electron chi connectivity index (χ3n) is 10.5. The normalized spacial score (nSPS) is 14.3. The number of benzene rings is 8. The number of furan rings is 1. The molecule has 0 spiro atoms. The monoisotopic (exact) mass is 739 g/mol. The van der Waals surface area contributed by atoms with Gasteiger partial charge in [0.05, 0.1) is 41.5 Å². The van der Waals surface area contributed by atoms with E-state index in [1.54, 1.807) is 10.6 Å². The molecule has 6 nitrogen and oxygen atoms in total. The SMILES string of the molecule is [2H]c1c([2H])c([2H])c2c(c1[2H])c1c([2H])c([2H])c3c4c([2H])c([2H])c([2H])c([2H])c4n(-c4cccc5c4oc4c(-c6ccccc6)cccc45)c3c1n2-c1nc(-c2ccccc2)nc(-c2ccccc2)n1. The van der Waals surface area contributed by atoms with Gasteiger partial charge in [-0.2, -0.15) is 9.97 Å². The molecule has 0 saturated carbocycles. The third-order valence-corrected chi connectivity index (χ3v) is 10.5. The van der Waals surface area contributed by atoms with Gasteiger partial charge in [-0.05, 0) is 23.7 Å². The molecule has 6 heteroatoms. The Kier molecular flexibility index (Phi) is 5.02. The van der Waals surface area contributed by atoms with Crippen LogP contribution in [0.5, 0.6) is 0 Å². The van der Waals surface area contributed by atoms with Crippen LogP contribution in [0.1, 0.15) is 13.7 Å². The molecule has 4 heterocycles. The molecule has 0 N–H and O–H groups in total. The molecule has 4 aromatic heterocycles. The summed E-state index contributed by atoms with van der Waals surface area (Å²) in [4.78, 5) is 14.9. The summed E-state index contributed by atoms with van der Waals surface area (Å²) in [5.41, 5.74) is 4.29. The largest absolute Gasteiger partial charge is 0.453 e. The summed E-state index contributed by atoms with van der Waals surface area (Å²) in [6, 6.07) is 34.6. The van der Waals surface area contributed by atoms with Crippen molar-refractivity contribution in [3.05, 3.63) is 188 Å². The lowest BCUT2D eigenvalue weighted by molar-refractivity contribution is 0.667. The minimum atomic E-state index is -0.561. The van der Waals surface area contributed by atoms with E-state index in [0.29, 0.717) is 33.4 Å². The molecule has 0 amide bonds. The van der Waals surface area contributed by atoms with E-state index in [2.05, 4.69) is 0 Å². The molecule has 0 aliphatic rings. The molecule has 0 saturated heterocycles. The number of rotatable bonds is 5. The fourth-order valence-electron chi connectivity index (χ4n) is 7.97. The van der Waals surface area contributed by atoms with Crippen molar-refractivity contribution >= 4 is 65.6 Å². The molecule has 12 aromatic rings.